The monoisotopic (exact) mass is 448 g/mol. The molecular formula is C24H24N4O5. The molecule has 0 aliphatic carbocycles. The molecule has 33 heavy (non-hydrogen) atoms. The van der Waals surface area contributed by atoms with Crippen LogP contribution in [-0.2, 0) is 9.59 Å². The molecule has 1 atom stereocenters. The number of carbonyl (C=O) groups excluding carboxylic acids is 3. The third kappa shape index (κ3) is 6.79. The average molecular weight is 448 g/mol. The van der Waals surface area contributed by atoms with Crippen LogP contribution in [0.5, 0.6) is 17.4 Å². The largest absolute Gasteiger partial charge is 0.497 e. The van der Waals surface area contributed by atoms with Crippen LogP contribution in [0.2, 0.25) is 0 Å². The van der Waals surface area contributed by atoms with Gasteiger partial charge in [0.1, 0.15) is 11.5 Å². The standard InChI is InChI=1S/C24H24N4O5/c1-15(29)27-21(16-6-9-19(32-2)10-7-16)13-22(30)28-18-8-11-23(26-14-18)33-20-5-3-4-17(12-20)24(25)31/h3-12,14,21H,13H2,1-2H3,(H2,25,31)(H,27,29)(H,28,30). The Kier molecular flexibility index (Phi) is 7.59. The number of hydrogen-bond donors (Lipinski definition) is 3. The molecule has 3 amide bonds. The number of nitrogens with zero attached hydrogens (tertiary/aromatic N) is 1. The van der Waals surface area contributed by atoms with E-state index < -0.39 is 11.9 Å². The molecule has 4 N–H and O–H groups in total. The SMILES string of the molecule is COc1ccc(C(CC(=O)Nc2ccc(Oc3cccc(C(N)=O)c3)nc2)NC(C)=O)cc1. The van der Waals surface area contributed by atoms with Gasteiger partial charge in [0.2, 0.25) is 23.6 Å². The van der Waals surface area contributed by atoms with Crippen molar-refractivity contribution in [1.29, 1.82) is 0 Å². The van der Waals surface area contributed by atoms with Gasteiger partial charge < -0.3 is 25.8 Å². The summed E-state index contributed by atoms with van der Waals surface area (Å²) in [5.41, 5.74) is 6.84. The van der Waals surface area contributed by atoms with Gasteiger partial charge in [-0.25, -0.2) is 4.98 Å². The second-order valence-corrected chi connectivity index (χ2v) is 7.16. The molecule has 0 bridgehead atoms. The first kappa shape index (κ1) is 23.3. The fourth-order valence-corrected chi connectivity index (χ4v) is 3.08. The van der Waals surface area contributed by atoms with E-state index in [4.69, 9.17) is 15.2 Å². The first-order chi connectivity index (χ1) is 15.8. The number of primary amides is 1. The van der Waals surface area contributed by atoms with Crippen molar-refractivity contribution in [3.8, 4) is 17.4 Å². The number of aromatic nitrogens is 1. The molecule has 0 saturated heterocycles. The maximum absolute atomic E-state index is 12.6. The third-order valence-corrected chi connectivity index (χ3v) is 4.65. The van der Waals surface area contributed by atoms with Crippen LogP contribution in [-0.4, -0.2) is 29.8 Å². The van der Waals surface area contributed by atoms with Crippen LogP contribution in [0.15, 0.2) is 66.9 Å². The van der Waals surface area contributed by atoms with Gasteiger partial charge in [-0.3, -0.25) is 14.4 Å². The Balaban J connectivity index is 1.63. The fourth-order valence-electron chi connectivity index (χ4n) is 3.08. The molecule has 1 unspecified atom stereocenters. The molecule has 0 saturated carbocycles. The average Bonchev–Trinajstić information content (AvgIpc) is 2.80. The summed E-state index contributed by atoms with van der Waals surface area (Å²) >= 11 is 0. The number of methoxy groups -OCH3 is 1. The van der Waals surface area contributed by atoms with E-state index in [1.54, 1.807) is 61.7 Å². The zero-order chi connectivity index (χ0) is 23.8. The topological polar surface area (TPSA) is 133 Å². The van der Waals surface area contributed by atoms with Gasteiger partial charge in [-0.15, -0.1) is 0 Å². The Morgan fingerprint density at radius 2 is 1.79 bits per heavy atom. The molecule has 1 heterocycles. The van der Waals surface area contributed by atoms with Crippen LogP contribution >= 0.6 is 0 Å². The lowest BCUT2D eigenvalue weighted by Gasteiger charge is -2.18. The number of ether oxygens (including phenoxy) is 2. The Hall–Kier alpha value is -4.40. The summed E-state index contributed by atoms with van der Waals surface area (Å²) in [4.78, 5) is 39.7. The minimum absolute atomic E-state index is 0.0318. The predicted molar refractivity (Wildman–Crippen MR) is 122 cm³/mol. The van der Waals surface area contributed by atoms with E-state index in [0.29, 0.717) is 22.7 Å². The van der Waals surface area contributed by atoms with Crippen LogP contribution in [0.25, 0.3) is 0 Å². The summed E-state index contributed by atoms with van der Waals surface area (Å²) in [7, 11) is 1.57. The Bertz CT molecular complexity index is 1130. The second-order valence-electron chi connectivity index (χ2n) is 7.16. The first-order valence-corrected chi connectivity index (χ1v) is 10.1. The van der Waals surface area contributed by atoms with Crippen molar-refractivity contribution in [1.82, 2.24) is 10.3 Å². The number of carbonyl (C=O) groups is 3. The van der Waals surface area contributed by atoms with E-state index in [1.807, 2.05) is 0 Å². The van der Waals surface area contributed by atoms with Crippen LogP contribution in [0.1, 0.15) is 35.3 Å². The highest BCUT2D eigenvalue weighted by Gasteiger charge is 2.17. The minimum atomic E-state index is -0.557. The van der Waals surface area contributed by atoms with Crippen LogP contribution in [0.3, 0.4) is 0 Å². The smallest absolute Gasteiger partial charge is 0.248 e. The zero-order valence-electron chi connectivity index (χ0n) is 18.2. The van der Waals surface area contributed by atoms with Crippen molar-refractivity contribution in [2.45, 2.75) is 19.4 Å². The van der Waals surface area contributed by atoms with E-state index in [-0.39, 0.29) is 24.1 Å². The summed E-state index contributed by atoms with van der Waals surface area (Å²) < 4.78 is 10.8. The number of anilines is 1. The van der Waals surface area contributed by atoms with Gasteiger partial charge in [-0.1, -0.05) is 18.2 Å². The quantitative estimate of drug-likeness (QED) is 0.460. The molecule has 0 aliphatic heterocycles. The van der Waals surface area contributed by atoms with E-state index in [9.17, 15) is 14.4 Å². The molecular weight excluding hydrogens is 424 g/mol. The van der Waals surface area contributed by atoms with Gasteiger partial charge in [0.15, 0.2) is 0 Å². The number of pyridine rings is 1. The molecule has 9 nitrogen and oxygen atoms in total. The summed E-state index contributed by atoms with van der Waals surface area (Å²) in [5.74, 6) is 0.275. The van der Waals surface area contributed by atoms with E-state index in [1.165, 1.54) is 19.2 Å². The van der Waals surface area contributed by atoms with Crippen LogP contribution in [0.4, 0.5) is 5.69 Å². The molecule has 3 rings (SSSR count). The molecule has 2 aromatic carbocycles. The second kappa shape index (κ2) is 10.8. The number of nitrogens with two attached hydrogens (primary N) is 1. The molecule has 0 fully saturated rings. The van der Waals surface area contributed by atoms with Gasteiger partial charge in [-0.05, 0) is 42.0 Å². The number of hydrogen-bond acceptors (Lipinski definition) is 6. The normalized spacial score (nSPS) is 11.2. The van der Waals surface area contributed by atoms with E-state index >= 15 is 0 Å². The Labute approximate surface area is 190 Å². The van der Waals surface area contributed by atoms with Crippen LogP contribution in [0, 0.1) is 0 Å². The number of rotatable bonds is 9. The molecule has 3 aromatic rings. The molecule has 0 spiro atoms. The molecule has 1 aromatic heterocycles. The van der Waals surface area contributed by atoms with Gasteiger partial charge in [0.25, 0.3) is 0 Å². The summed E-state index contributed by atoms with van der Waals surface area (Å²) in [6.45, 7) is 1.40. The summed E-state index contributed by atoms with van der Waals surface area (Å²) in [6, 6.07) is 16.3. The predicted octanol–water partition coefficient (Wildman–Crippen LogP) is 3.19. The van der Waals surface area contributed by atoms with Gasteiger partial charge >= 0.3 is 0 Å². The number of benzene rings is 2. The summed E-state index contributed by atoms with van der Waals surface area (Å²) in [6.07, 6.45) is 1.48. The summed E-state index contributed by atoms with van der Waals surface area (Å²) in [5, 5.41) is 5.55. The highest BCUT2D eigenvalue weighted by Crippen LogP contribution is 2.23. The number of nitrogens with one attached hydrogen (secondary N) is 2. The van der Waals surface area contributed by atoms with Gasteiger partial charge in [0.05, 0.1) is 31.5 Å². The van der Waals surface area contributed by atoms with Crippen molar-refractivity contribution in [3.05, 3.63) is 78.0 Å². The first-order valence-electron chi connectivity index (χ1n) is 10.1. The molecule has 0 aliphatic rings. The van der Waals surface area contributed by atoms with Crippen molar-refractivity contribution in [2.75, 3.05) is 12.4 Å². The van der Waals surface area contributed by atoms with E-state index in [0.717, 1.165) is 5.56 Å². The van der Waals surface area contributed by atoms with Crippen molar-refractivity contribution < 1.29 is 23.9 Å². The number of amides is 3. The Morgan fingerprint density at radius 3 is 2.39 bits per heavy atom. The maximum Gasteiger partial charge on any atom is 0.248 e. The minimum Gasteiger partial charge on any atom is -0.497 e. The maximum atomic E-state index is 12.6. The van der Waals surface area contributed by atoms with Crippen molar-refractivity contribution in [3.63, 3.8) is 0 Å². The van der Waals surface area contributed by atoms with Crippen molar-refractivity contribution >= 4 is 23.4 Å². The molecule has 0 radical (unpaired) electrons. The molecule has 170 valence electrons. The lowest BCUT2D eigenvalue weighted by Crippen LogP contribution is -2.29. The fraction of sp³-hybridized carbons (Fsp3) is 0.167. The highest BCUT2D eigenvalue weighted by molar-refractivity contribution is 5.93. The lowest BCUT2D eigenvalue weighted by atomic mass is 10.0. The third-order valence-electron chi connectivity index (χ3n) is 4.65. The molecule has 9 heteroatoms. The lowest BCUT2D eigenvalue weighted by molar-refractivity contribution is -0.120. The zero-order valence-corrected chi connectivity index (χ0v) is 18.2. The van der Waals surface area contributed by atoms with Gasteiger partial charge in [0, 0.05) is 18.6 Å². The van der Waals surface area contributed by atoms with Crippen LogP contribution < -0.4 is 25.8 Å². The van der Waals surface area contributed by atoms with E-state index in [2.05, 4.69) is 15.6 Å². The van der Waals surface area contributed by atoms with Crippen molar-refractivity contribution in [2.24, 2.45) is 5.73 Å². The highest BCUT2D eigenvalue weighted by atomic mass is 16.5. The van der Waals surface area contributed by atoms with Gasteiger partial charge in [-0.2, -0.15) is 0 Å². The Morgan fingerprint density at radius 1 is 1.03 bits per heavy atom.